The predicted molar refractivity (Wildman–Crippen MR) is 129 cm³/mol. The molecule has 4 rings (SSSR count). The van der Waals surface area contributed by atoms with Crippen molar-refractivity contribution in [1.29, 1.82) is 0 Å². The second kappa shape index (κ2) is 11.6. The number of para-hydroxylation sites is 1. The van der Waals surface area contributed by atoms with Gasteiger partial charge in [0.1, 0.15) is 5.84 Å². The Morgan fingerprint density at radius 3 is 2.90 bits per heavy atom. The molecule has 1 atom stereocenters. The van der Waals surface area contributed by atoms with E-state index in [1.165, 1.54) is 26.0 Å². The Bertz CT molecular complexity index is 828. The number of benzene rings is 1. The molecule has 1 aromatic heterocycles. The minimum Gasteiger partial charge on any atom is -0.385 e. The van der Waals surface area contributed by atoms with Gasteiger partial charge in [0.15, 0.2) is 0 Å². The van der Waals surface area contributed by atoms with Crippen molar-refractivity contribution in [2.24, 2.45) is 4.99 Å². The van der Waals surface area contributed by atoms with Crippen LogP contribution >= 0.6 is 47.9 Å². The highest BCUT2D eigenvalue weighted by Crippen LogP contribution is 2.44. The second-order valence-electron chi connectivity index (χ2n) is 7.05. The van der Waals surface area contributed by atoms with Crippen LogP contribution in [0.25, 0.3) is 0 Å². The molecule has 2 aliphatic rings. The van der Waals surface area contributed by atoms with Gasteiger partial charge in [-0.15, -0.1) is 36.2 Å². The van der Waals surface area contributed by atoms with Gasteiger partial charge in [-0.25, -0.2) is 4.99 Å². The van der Waals surface area contributed by atoms with Gasteiger partial charge in [0.2, 0.25) is 0 Å². The van der Waals surface area contributed by atoms with E-state index < -0.39 is 0 Å². The third-order valence-corrected chi connectivity index (χ3v) is 7.47. The largest absolute Gasteiger partial charge is 0.385 e. The van der Waals surface area contributed by atoms with Crippen molar-refractivity contribution in [3.8, 4) is 0 Å². The lowest BCUT2D eigenvalue weighted by Gasteiger charge is -2.35. The standard InChI is InChI=1S/C21H27N3OS2.2ClH/c1-3-6-16-13-17-20(24-11-10-22-15(14-24)9-12-25-2)23-18-7-4-5-8-19(18)27-21(17)26-16;;/h4-5,7-8,13,15,22H,3,6,9-12,14H2,1-2H3;2*1H. The van der Waals surface area contributed by atoms with E-state index in [4.69, 9.17) is 9.73 Å². The number of halogens is 2. The summed E-state index contributed by atoms with van der Waals surface area (Å²) in [7, 11) is 1.77. The van der Waals surface area contributed by atoms with E-state index in [1.54, 1.807) is 7.11 Å². The van der Waals surface area contributed by atoms with Gasteiger partial charge in [0.25, 0.3) is 0 Å². The van der Waals surface area contributed by atoms with Gasteiger partial charge in [-0.05, 0) is 31.0 Å². The summed E-state index contributed by atoms with van der Waals surface area (Å²) < 4.78 is 6.67. The van der Waals surface area contributed by atoms with Crippen LogP contribution in [0, 0.1) is 0 Å². The lowest BCUT2D eigenvalue weighted by atomic mass is 10.1. The maximum absolute atomic E-state index is 5.29. The van der Waals surface area contributed by atoms with Crippen molar-refractivity contribution in [3.63, 3.8) is 0 Å². The first-order valence-corrected chi connectivity index (χ1v) is 11.4. The molecule has 4 nitrogen and oxygen atoms in total. The second-order valence-corrected chi connectivity index (χ2v) is 9.49. The summed E-state index contributed by atoms with van der Waals surface area (Å²) >= 11 is 3.81. The number of fused-ring (bicyclic) bond motifs is 2. The molecular formula is C21H29Cl2N3OS2. The van der Waals surface area contributed by atoms with Crippen LogP contribution in [0.5, 0.6) is 0 Å². The minimum atomic E-state index is 0. The number of aryl methyl sites for hydroxylation is 1. The van der Waals surface area contributed by atoms with Gasteiger partial charge in [0, 0.05) is 54.7 Å². The maximum atomic E-state index is 5.29. The SMILES string of the molecule is CCCc1cc2c(s1)Sc1ccccc1N=C2N1CCNC(CCOC)C1.Cl.Cl. The predicted octanol–water partition coefficient (Wildman–Crippen LogP) is 5.40. The first-order chi connectivity index (χ1) is 13.3. The topological polar surface area (TPSA) is 36.9 Å². The zero-order valence-electron chi connectivity index (χ0n) is 16.8. The molecule has 1 aromatic carbocycles. The lowest BCUT2D eigenvalue weighted by molar-refractivity contribution is 0.168. The molecule has 1 N–H and O–H groups in total. The minimum absolute atomic E-state index is 0. The summed E-state index contributed by atoms with van der Waals surface area (Å²) in [6, 6.07) is 11.3. The van der Waals surface area contributed by atoms with Gasteiger partial charge in [-0.1, -0.05) is 37.2 Å². The normalized spacial score (nSPS) is 17.9. The molecule has 0 spiro atoms. The average molecular weight is 475 g/mol. The van der Waals surface area contributed by atoms with E-state index >= 15 is 0 Å². The third kappa shape index (κ3) is 5.69. The number of ether oxygens (including phenoxy) is 1. The van der Waals surface area contributed by atoms with Gasteiger partial charge in [-0.3, -0.25) is 0 Å². The summed E-state index contributed by atoms with van der Waals surface area (Å²) in [6.07, 6.45) is 3.36. The number of hydrogen-bond donors (Lipinski definition) is 1. The molecule has 2 aliphatic heterocycles. The van der Waals surface area contributed by atoms with Crippen LogP contribution in [0.2, 0.25) is 0 Å². The molecule has 1 saturated heterocycles. The van der Waals surface area contributed by atoms with E-state index in [9.17, 15) is 0 Å². The van der Waals surface area contributed by atoms with E-state index in [0.717, 1.165) is 50.6 Å². The Labute approximate surface area is 194 Å². The van der Waals surface area contributed by atoms with Crippen LogP contribution in [0.15, 0.2) is 44.4 Å². The van der Waals surface area contributed by atoms with E-state index in [0.29, 0.717) is 6.04 Å². The number of thiophene rings is 1. The van der Waals surface area contributed by atoms with Gasteiger partial charge >= 0.3 is 0 Å². The third-order valence-electron chi connectivity index (χ3n) is 5.01. The van der Waals surface area contributed by atoms with Crippen LogP contribution in [0.3, 0.4) is 0 Å². The van der Waals surface area contributed by atoms with Crippen molar-refractivity contribution in [2.75, 3.05) is 33.4 Å². The summed E-state index contributed by atoms with van der Waals surface area (Å²) in [5, 5.41) is 3.63. The first kappa shape index (κ1) is 24.5. The number of aliphatic imine (C=N–C) groups is 1. The van der Waals surface area contributed by atoms with Crippen LogP contribution in [-0.2, 0) is 11.2 Å². The molecule has 29 heavy (non-hydrogen) atoms. The number of amidine groups is 1. The molecular weight excluding hydrogens is 445 g/mol. The molecule has 0 saturated carbocycles. The Kier molecular flexibility index (Phi) is 9.79. The maximum Gasteiger partial charge on any atom is 0.138 e. The number of rotatable bonds is 5. The highest BCUT2D eigenvalue weighted by atomic mass is 35.5. The molecule has 3 heterocycles. The first-order valence-electron chi connectivity index (χ1n) is 9.74. The Balaban J connectivity index is 0.00000150. The monoisotopic (exact) mass is 473 g/mol. The summed E-state index contributed by atoms with van der Waals surface area (Å²) in [5.74, 6) is 1.14. The molecule has 160 valence electrons. The van der Waals surface area contributed by atoms with E-state index in [1.807, 2.05) is 23.1 Å². The molecule has 0 amide bonds. The van der Waals surface area contributed by atoms with Gasteiger partial charge in [-0.2, -0.15) is 0 Å². The van der Waals surface area contributed by atoms with Crippen LogP contribution in [0.4, 0.5) is 5.69 Å². The summed E-state index contributed by atoms with van der Waals surface area (Å²) in [6.45, 7) is 6.00. The quantitative estimate of drug-likeness (QED) is 0.630. The number of nitrogens with one attached hydrogen (secondary N) is 1. The smallest absolute Gasteiger partial charge is 0.138 e. The fourth-order valence-corrected chi connectivity index (χ4v) is 6.21. The molecule has 2 aromatic rings. The molecule has 0 aliphatic carbocycles. The van der Waals surface area contributed by atoms with E-state index in [-0.39, 0.29) is 24.8 Å². The molecule has 0 bridgehead atoms. The van der Waals surface area contributed by atoms with Crippen LogP contribution in [-0.4, -0.2) is 50.1 Å². The van der Waals surface area contributed by atoms with Crippen LogP contribution in [0.1, 0.15) is 30.2 Å². The van der Waals surface area contributed by atoms with Crippen molar-refractivity contribution >= 4 is 59.4 Å². The Morgan fingerprint density at radius 2 is 2.10 bits per heavy atom. The number of methoxy groups -OCH3 is 1. The van der Waals surface area contributed by atoms with Crippen molar-refractivity contribution in [1.82, 2.24) is 10.2 Å². The Hall–Kier alpha value is -0.760. The fourth-order valence-electron chi connectivity index (χ4n) is 3.65. The average Bonchev–Trinajstić information content (AvgIpc) is 3.01. The molecule has 8 heteroatoms. The Morgan fingerprint density at radius 1 is 1.28 bits per heavy atom. The lowest BCUT2D eigenvalue weighted by Crippen LogP contribution is -2.53. The zero-order valence-corrected chi connectivity index (χ0v) is 20.1. The number of hydrogen-bond acceptors (Lipinski definition) is 6. The van der Waals surface area contributed by atoms with Crippen LogP contribution < -0.4 is 5.32 Å². The number of piperazine rings is 1. The van der Waals surface area contributed by atoms with Gasteiger partial charge < -0.3 is 15.0 Å². The highest BCUT2D eigenvalue weighted by Gasteiger charge is 2.28. The molecule has 1 fully saturated rings. The number of nitrogens with zero attached hydrogens (tertiary/aromatic N) is 2. The van der Waals surface area contributed by atoms with Gasteiger partial charge in [0.05, 0.1) is 9.90 Å². The molecule has 0 radical (unpaired) electrons. The van der Waals surface area contributed by atoms with Crippen molar-refractivity contribution in [2.45, 2.75) is 41.3 Å². The highest BCUT2D eigenvalue weighted by molar-refractivity contribution is 8.01. The summed E-state index contributed by atoms with van der Waals surface area (Å²) in [5.41, 5.74) is 2.40. The zero-order chi connectivity index (χ0) is 18.6. The summed E-state index contributed by atoms with van der Waals surface area (Å²) in [4.78, 5) is 10.4. The van der Waals surface area contributed by atoms with Crippen molar-refractivity contribution < 1.29 is 4.74 Å². The van der Waals surface area contributed by atoms with E-state index in [2.05, 4.69) is 47.5 Å². The fraction of sp³-hybridized carbons (Fsp3) is 0.476. The molecule has 1 unspecified atom stereocenters. The van der Waals surface area contributed by atoms with Crippen molar-refractivity contribution in [3.05, 3.63) is 40.8 Å².